The third kappa shape index (κ3) is 3.59. The first-order valence-corrected chi connectivity index (χ1v) is 8.53. The first-order valence-electron chi connectivity index (χ1n) is 8.53. The maximum Gasteiger partial charge on any atom is 0.373 e. The summed E-state index contributed by atoms with van der Waals surface area (Å²) in [5, 5.41) is 11.9. The molecule has 3 rings (SSSR count). The molecule has 0 aliphatic heterocycles. The first kappa shape index (κ1) is 17.7. The predicted molar refractivity (Wildman–Crippen MR) is 104 cm³/mol. The third-order valence-electron chi connectivity index (χ3n) is 4.19. The lowest BCUT2D eigenvalue weighted by atomic mass is 9.97. The number of benzene rings is 2. The van der Waals surface area contributed by atoms with Crippen molar-refractivity contribution in [1.82, 2.24) is 4.98 Å². The monoisotopic (exact) mass is 347 g/mol. The predicted octanol–water partition coefficient (Wildman–Crippen LogP) is 4.98. The van der Waals surface area contributed by atoms with Crippen LogP contribution in [0.1, 0.15) is 23.7 Å². The standard InChI is InChI=1S/C22H21NO3/c1-4-26-22(25)21(24)12-20-18-11-15(3)7-10-17(18)19(13-23-20)16-8-5-14(2)6-9-16/h5-13,24H,4H2,1-3H3/b21-12-. The van der Waals surface area contributed by atoms with E-state index in [4.69, 9.17) is 4.74 Å². The van der Waals surface area contributed by atoms with E-state index < -0.39 is 11.7 Å². The topological polar surface area (TPSA) is 59.4 Å². The van der Waals surface area contributed by atoms with Crippen molar-refractivity contribution in [3.05, 3.63) is 71.2 Å². The van der Waals surface area contributed by atoms with Gasteiger partial charge in [-0.15, -0.1) is 0 Å². The van der Waals surface area contributed by atoms with Gasteiger partial charge in [0.05, 0.1) is 12.3 Å². The molecular weight excluding hydrogens is 326 g/mol. The van der Waals surface area contributed by atoms with Gasteiger partial charge >= 0.3 is 5.97 Å². The quantitative estimate of drug-likeness (QED) is 0.411. The van der Waals surface area contributed by atoms with E-state index in [1.807, 2.05) is 25.1 Å². The fourth-order valence-electron chi connectivity index (χ4n) is 2.85. The molecule has 4 heteroatoms. The average molecular weight is 347 g/mol. The summed E-state index contributed by atoms with van der Waals surface area (Å²) < 4.78 is 4.83. The summed E-state index contributed by atoms with van der Waals surface area (Å²) in [5.41, 5.74) is 4.88. The summed E-state index contributed by atoms with van der Waals surface area (Å²) in [4.78, 5) is 16.2. The Balaban J connectivity index is 2.17. The Morgan fingerprint density at radius 3 is 2.46 bits per heavy atom. The van der Waals surface area contributed by atoms with Crippen LogP contribution in [-0.2, 0) is 9.53 Å². The number of pyridine rings is 1. The maximum absolute atomic E-state index is 11.7. The number of carbonyl (C=O) groups is 1. The molecule has 0 amide bonds. The van der Waals surface area contributed by atoms with Crippen molar-refractivity contribution >= 4 is 22.8 Å². The van der Waals surface area contributed by atoms with Crippen LogP contribution in [0.25, 0.3) is 28.0 Å². The number of aromatic nitrogens is 1. The number of carbonyl (C=O) groups excluding carboxylic acids is 1. The summed E-state index contributed by atoms with van der Waals surface area (Å²) >= 11 is 0. The van der Waals surface area contributed by atoms with Crippen LogP contribution in [0.3, 0.4) is 0 Å². The molecule has 0 radical (unpaired) electrons. The largest absolute Gasteiger partial charge is 0.502 e. The molecule has 1 aromatic heterocycles. The SMILES string of the molecule is CCOC(=O)/C(O)=C/c1ncc(-c2ccc(C)cc2)c2ccc(C)cc12. The number of aryl methyl sites for hydroxylation is 2. The van der Waals surface area contributed by atoms with Crippen LogP contribution in [0.2, 0.25) is 0 Å². The van der Waals surface area contributed by atoms with Crippen LogP contribution >= 0.6 is 0 Å². The molecule has 0 saturated heterocycles. The van der Waals surface area contributed by atoms with Gasteiger partial charge in [0.15, 0.2) is 0 Å². The molecule has 2 aromatic carbocycles. The maximum atomic E-state index is 11.7. The second-order valence-corrected chi connectivity index (χ2v) is 6.22. The van der Waals surface area contributed by atoms with Crippen LogP contribution in [-0.4, -0.2) is 22.7 Å². The minimum absolute atomic E-state index is 0.205. The lowest BCUT2D eigenvalue weighted by molar-refractivity contribution is -0.141. The van der Waals surface area contributed by atoms with Crippen molar-refractivity contribution in [3.63, 3.8) is 0 Å². The van der Waals surface area contributed by atoms with Gasteiger partial charge in [-0.3, -0.25) is 4.98 Å². The number of nitrogens with zero attached hydrogens (tertiary/aromatic N) is 1. The molecule has 0 spiro atoms. The third-order valence-corrected chi connectivity index (χ3v) is 4.19. The molecule has 1 heterocycles. The Bertz CT molecular complexity index is 988. The van der Waals surface area contributed by atoms with Gasteiger partial charge in [0, 0.05) is 23.2 Å². The van der Waals surface area contributed by atoms with E-state index >= 15 is 0 Å². The smallest absolute Gasteiger partial charge is 0.373 e. The fourth-order valence-corrected chi connectivity index (χ4v) is 2.85. The van der Waals surface area contributed by atoms with Gasteiger partial charge in [0.1, 0.15) is 0 Å². The van der Waals surface area contributed by atoms with Gasteiger partial charge in [-0.1, -0.05) is 47.5 Å². The van der Waals surface area contributed by atoms with Gasteiger partial charge in [0.2, 0.25) is 5.76 Å². The van der Waals surface area contributed by atoms with Crippen molar-refractivity contribution < 1.29 is 14.6 Å². The molecular formula is C22H21NO3. The van der Waals surface area contributed by atoms with Crippen LogP contribution in [0, 0.1) is 13.8 Å². The van der Waals surface area contributed by atoms with E-state index in [2.05, 4.69) is 36.2 Å². The lowest BCUT2D eigenvalue weighted by Gasteiger charge is -2.10. The van der Waals surface area contributed by atoms with Crippen molar-refractivity contribution in [3.8, 4) is 11.1 Å². The van der Waals surface area contributed by atoms with Crippen LogP contribution < -0.4 is 0 Å². The molecule has 0 unspecified atom stereocenters. The average Bonchev–Trinajstić information content (AvgIpc) is 2.63. The molecule has 26 heavy (non-hydrogen) atoms. The van der Waals surface area contributed by atoms with Gasteiger partial charge in [0.25, 0.3) is 0 Å². The Kier molecular flexibility index (Phi) is 5.03. The summed E-state index contributed by atoms with van der Waals surface area (Å²) in [7, 11) is 0. The van der Waals surface area contributed by atoms with Crippen LogP contribution in [0.4, 0.5) is 0 Å². The van der Waals surface area contributed by atoms with Crippen molar-refractivity contribution in [2.75, 3.05) is 6.61 Å². The van der Waals surface area contributed by atoms with Gasteiger partial charge in [-0.05, 0) is 37.8 Å². The summed E-state index contributed by atoms with van der Waals surface area (Å²) in [6.45, 7) is 5.95. The molecule has 132 valence electrons. The zero-order valence-electron chi connectivity index (χ0n) is 15.1. The zero-order valence-corrected chi connectivity index (χ0v) is 15.1. The molecule has 1 N–H and O–H groups in total. The van der Waals surface area contributed by atoms with Gasteiger partial charge < -0.3 is 9.84 Å². The molecule has 0 bridgehead atoms. The number of rotatable bonds is 4. The summed E-state index contributed by atoms with van der Waals surface area (Å²) in [6.07, 6.45) is 3.13. The van der Waals surface area contributed by atoms with Crippen molar-refractivity contribution in [2.45, 2.75) is 20.8 Å². The highest BCUT2D eigenvalue weighted by molar-refractivity contribution is 6.02. The normalized spacial score (nSPS) is 11.6. The summed E-state index contributed by atoms with van der Waals surface area (Å²) in [6, 6.07) is 14.4. The van der Waals surface area contributed by atoms with Gasteiger partial charge in [-0.2, -0.15) is 0 Å². The highest BCUT2D eigenvalue weighted by Crippen LogP contribution is 2.31. The van der Waals surface area contributed by atoms with E-state index in [9.17, 15) is 9.90 Å². The lowest BCUT2D eigenvalue weighted by Crippen LogP contribution is -2.07. The highest BCUT2D eigenvalue weighted by Gasteiger charge is 2.13. The molecule has 4 nitrogen and oxygen atoms in total. The molecule has 0 aliphatic carbocycles. The van der Waals surface area contributed by atoms with E-state index in [-0.39, 0.29) is 6.61 Å². The Morgan fingerprint density at radius 1 is 1.08 bits per heavy atom. The zero-order chi connectivity index (χ0) is 18.7. The number of fused-ring (bicyclic) bond motifs is 1. The molecule has 0 aliphatic rings. The van der Waals surface area contributed by atoms with Gasteiger partial charge in [-0.25, -0.2) is 4.79 Å². The Hall–Kier alpha value is -3.14. The van der Waals surface area contributed by atoms with E-state index in [1.54, 1.807) is 13.1 Å². The Morgan fingerprint density at radius 2 is 1.77 bits per heavy atom. The van der Waals surface area contributed by atoms with Crippen LogP contribution in [0.5, 0.6) is 0 Å². The van der Waals surface area contributed by atoms with Crippen molar-refractivity contribution in [2.24, 2.45) is 0 Å². The number of aliphatic hydroxyl groups is 1. The van der Waals surface area contributed by atoms with E-state index in [0.717, 1.165) is 27.5 Å². The van der Waals surface area contributed by atoms with Crippen molar-refractivity contribution in [1.29, 1.82) is 0 Å². The fraction of sp³-hybridized carbons (Fsp3) is 0.182. The highest BCUT2D eigenvalue weighted by atomic mass is 16.5. The number of aliphatic hydroxyl groups excluding tert-OH is 1. The molecule has 0 atom stereocenters. The second-order valence-electron chi connectivity index (χ2n) is 6.22. The molecule has 0 fully saturated rings. The van der Waals surface area contributed by atoms with E-state index in [0.29, 0.717) is 5.69 Å². The Labute approximate surface area is 152 Å². The van der Waals surface area contributed by atoms with E-state index in [1.165, 1.54) is 11.6 Å². The molecule has 3 aromatic rings. The first-order chi connectivity index (χ1) is 12.5. The molecule has 0 saturated carbocycles. The number of hydrogen-bond donors (Lipinski definition) is 1. The number of ether oxygens (including phenoxy) is 1. The minimum Gasteiger partial charge on any atom is -0.502 e. The number of esters is 1. The second kappa shape index (κ2) is 7.40. The van der Waals surface area contributed by atoms with Crippen LogP contribution in [0.15, 0.2) is 54.4 Å². The summed E-state index contributed by atoms with van der Waals surface area (Å²) in [5.74, 6) is -1.21. The minimum atomic E-state index is -0.752. The number of hydrogen-bond acceptors (Lipinski definition) is 4.